The smallest absolute Gasteiger partial charge is 0.249 e. The second kappa shape index (κ2) is 4.11. The van der Waals surface area contributed by atoms with E-state index in [0.29, 0.717) is 12.3 Å². The molecule has 1 aliphatic carbocycles. The molecule has 2 unspecified atom stereocenters. The molecule has 0 spiro atoms. The van der Waals surface area contributed by atoms with Crippen LogP contribution in [-0.2, 0) is 16.1 Å². The maximum Gasteiger partial charge on any atom is 0.249 e. The molecule has 0 aromatic carbocycles. The summed E-state index contributed by atoms with van der Waals surface area (Å²) < 4.78 is 5.29. The van der Waals surface area contributed by atoms with E-state index < -0.39 is 11.6 Å². The van der Waals surface area contributed by atoms with E-state index in [4.69, 9.17) is 4.42 Å². The highest BCUT2D eigenvalue weighted by Crippen LogP contribution is 2.42. The highest BCUT2D eigenvalue weighted by atomic mass is 16.3. The third-order valence-electron chi connectivity index (χ3n) is 4.24. The molecule has 5 nitrogen and oxygen atoms in total. The topological polar surface area (TPSA) is 62.6 Å². The van der Waals surface area contributed by atoms with Gasteiger partial charge in [-0.2, -0.15) is 0 Å². The van der Waals surface area contributed by atoms with Gasteiger partial charge in [0.05, 0.1) is 12.8 Å². The Morgan fingerprint density at radius 2 is 2.21 bits per heavy atom. The number of hydrogen-bond acceptors (Lipinski definition) is 3. The summed E-state index contributed by atoms with van der Waals surface area (Å²) in [5, 5.41) is 2.90. The van der Waals surface area contributed by atoms with Gasteiger partial charge in [-0.3, -0.25) is 9.59 Å². The second-order valence-corrected chi connectivity index (χ2v) is 5.65. The first-order valence-electron chi connectivity index (χ1n) is 6.68. The van der Waals surface area contributed by atoms with Crippen LogP contribution < -0.4 is 5.32 Å². The summed E-state index contributed by atoms with van der Waals surface area (Å²) in [5.41, 5.74) is -0.740. The van der Waals surface area contributed by atoms with Crippen LogP contribution in [0.4, 0.5) is 0 Å². The largest absolute Gasteiger partial charge is 0.467 e. The van der Waals surface area contributed by atoms with Crippen LogP contribution in [0.25, 0.3) is 0 Å². The summed E-state index contributed by atoms with van der Waals surface area (Å²) >= 11 is 0. The Morgan fingerprint density at radius 3 is 2.79 bits per heavy atom. The fourth-order valence-electron chi connectivity index (χ4n) is 2.75. The molecule has 1 N–H and O–H groups in total. The Hall–Kier alpha value is -1.78. The number of piperazine rings is 1. The number of nitrogens with one attached hydrogen (secondary N) is 1. The predicted octanol–water partition coefficient (Wildman–Crippen LogP) is 1.30. The summed E-state index contributed by atoms with van der Waals surface area (Å²) in [5.74, 6) is 0.891. The summed E-state index contributed by atoms with van der Waals surface area (Å²) in [6.07, 6.45) is 3.59. The Bertz CT molecular complexity index is 507. The molecule has 5 heteroatoms. The maximum atomic E-state index is 12.7. The van der Waals surface area contributed by atoms with Gasteiger partial charge < -0.3 is 14.6 Å². The van der Waals surface area contributed by atoms with Crippen LogP contribution in [-0.4, -0.2) is 28.3 Å². The van der Waals surface area contributed by atoms with E-state index in [-0.39, 0.29) is 17.7 Å². The van der Waals surface area contributed by atoms with Gasteiger partial charge in [-0.25, -0.2) is 0 Å². The fraction of sp³-hybridized carbons (Fsp3) is 0.571. The van der Waals surface area contributed by atoms with Crippen molar-refractivity contribution in [2.24, 2.45) is 5.92 Å². The minimum Gasteiger partial charge on any atom is -0.467 e. The van der Waals surface area contributed by atoms with Gasteiger partial charge in [0.1, 0.15) is 17.3 Å². The first-order valence-corrected chi connectivity index (χ1v) is 6.68. The minimum absolute atomic E-state index is 0.00139. The first-order chi connectivity index (χ1) is 9.02. The normalized spacial score (nSPS) is 31.5. The Morgan fingerprint density at radius 1 is 1.47 bits per heavy atom. The fourth-order valence-corrected chi connectivity index (χ4v) is 2.75. The lowest BCUT2D eigenvalue weighted by atomic mass is 9.89. The zero-order chi connectivity index (χ0) is 13.6. The van der Waals surface area contributed by atoms with E-state index in [0.717, 1.165) is 12.8 Å². The molecule has 2 amide bonds. The van der Waals surface area contributed by atoms with E-state index in [1.807, 2.05) is 13.0 Å². The van der Waals surface area contributed by atoms with Gasteiger partial charge in [-0.1, -0.05) is 0 Å². The zero-order valence-corrected chi connectivity index (χ0v) is 11.2. The van der Waals surface area contributed by atoms with E-state index in [1.165, 1.54) is 0 Å². The van der Waals surface area contributed by atoms with Crippen molar-refractivity contribution in [2.75, 3.05) is 0 Å². The molecule has 1 aromatic heterocycles. The van der Waals surface area contributed by atoms with Crippen LogP contribution in [0.3, 0.4) is 0 Å². The lowest BCUT2D eigenvalue weighted by molar-refractivity contribution is -0.155. The Labute approximate surface area is 111 Å². The monoisotopic (exact) mass is 262 g/mol. The lowest BCUT2D eigenvalue weighted by Crippen LogP contribution is -2.69. The molecule has 102 valence electrons. The third-order valence-corrected chi connectivity index (χ3v) is 4.24. The van der Waals surface area contributed by atoms with Crippen molar-refractivity contribution >= 4 is 11.8 Å². The van der Waals surface area contributed by atoms with Crippen LogP contribution >= 0.6 is 0 Å². The molecular weight excluding hydrogens is 244 g/mol. The number of nitrogens with zero attached hydrogens (tertiary/aromatic N) is 1. The van der Waals surface area contributed by atoms with Gasteiger partial charge in [0.15, 0.2) is 0 Å². The van der Waals surface area contributed by atoms with E-state index in [9.17, 15) is 9.59 Å². The van der Waals surface area contributed by atoms with Crippen LogP contribution in [0.1, 0.15) is 32.4 Å². The van der Waals surface area contributed by atoms with Crippen molar-refractivity contribution in [3.05, 3.63) is 24.2 Å². The molecule has 2 fully saturated rings. The van der Waals surface area contributed by atoms with Crippen molar-refractivity contribution < 1.29 is 14.0 Å². The zero-order valence-electron chi connectivity index (χ0n) is 11.2. The SMILES string of the molecule is CC1C(=O)NC(C)(C2CC2)C(=O)N1Cc1ccco1. The first kappa shape index (κ1) is 12.3. The van der Waals surface area contributed by atoms with Gasteiger partial charge in [0, 0.05) is 0 Å². The second-order valence-electron chi connectivity index (χ2n) is 5.65. The van der Waals surface area contributed by atoms with Crippen molar-refractivity contribution in [3.8, 4) is 0 Å². The molecule has 0 bridgehead atoms. The standard InChI is InChI=1S/C14H18N2O3/c1-9-12(17)15-14(2,10-5-6-10)13(18)16(9)8-11-4-3-7-19-11/h3-4,7,9-10H,5-6,8H2,1-2H3,(H,15,17). The molecule has 19 heavy (non-hydrogen) atoms. The predicted molar refractivity (Wildman–Crippen MR) is 68.0 cm³/mol. The summed E-state index contributed by atoms with van der Waals surface area (Å²) in [6.45, 7) is 3.94. The summed E-state index contributed by atoms with van der Waals surface area (Å²) in [4.78, 5) is 26.4. The quantitative estimate of drug-likeness (QED) is 0.893. The van der Waals surface area contributed by atoms with Crippen LogP contribution in [0, 0.1) is 5.92 Å². The van der Waals surface area contributed by atoms with E-state index >= 15 is 0 Å². The van der Waals surface area contributed by atoms with Gasteiger partial charge in [-0.15, -0.1) is 0 Å². The Kier molecular flexibility index (Phi) is 2.66. The molecule has 2 atom stereocenters. The molecule has 3 rings (SSSR count). The minimum atomic E-state index is -0.740. The number of furan rings is 1. The molecule has 2 heterocycles. The highest BCUT2D eigenvalue weighted by molar-refractivity contribution is 5.99. The van der Waals surface area contributed by atoms with Crippen molar-refractivity contribution in [1.82, 2.24) is 10.2 Å². The number of carbonyl (C=O) groups excluding carboxylic acids is 2. The van der Waals surface area contributed by atoms with Gasteiger partial charge in [-0.05, 0) is 44.7 Å². The van der Waals surface area contributed by atoms with Crippen LogP contribution in [0.5, 0.6) is 0 Å². The van der Waals surface area contributed by atoms with E-state index in [1.54, 1.807) is 24.2 Å². The third kappa shape index (κ3) is 1.93. The van der Waals surface area contributed by atoms with Crippen LogP contribution in [0.2, 0.25) is 0 Å². The lowest BCUT2D eigenvalue weighted by Gasteiger charge is -2.43. The summed E-state index contributed by atoms with van der Waals surface area (Å²) in [6, 6.07) is 3.15. The number of carbonyl (C=O) groups is 2. The van der Waals surface area contributed by atoms with Gasteiger partial charge in [0.25, 0.3) is 0 Å². The molecule has 1 aliphatic heterocycles. The average Bonchev–Trinajstić information content (AvgIpc) is 3.12. The number of amides is 2. The Balaban J connectivity index is 1.87. The molecule has 1 saturated carbocycles. The van der Waals surface area contributed by atoms with Crippen LogP contribution in [0.15, 0.2) is 22.8 Å². The molecule has 1 aromatic rings. The van der Waals surface area contributed by atoms with Crippen molar-refractivity contribution in [2.45, 2.75) is 44.8 Å². The number of hydrogen-bond donors (Lipinski definition) is 1. The van der Waals surface area contributed by atoms with Gasteiger partial charge in [0.2, 0.25) is 11.8 Å². The average molecular weight is 262 g/mol. The maximum absolute atomic E-state index is 12.7. The van der Waals surface area contributed by atoms with Crippen molar-refractivity contribution in [3.63, 3.8) is 0 Å². The molecule has 1 saturated heterocycles. The molecule has 0 radical (unpaired) electrons. The highest BCUT2D eigenvalue weighted by Gasteiger charge is 2.54. The molecule has 2 aliphatic rings. The van der Waals surface area contributed by atoms with E-state index in [2.05, 4.69) is 5.32 Å². The molecular formula is C14H18N2O3. The van der Waals surface area contributed by atoms with Crippen molar-refractivity contribution in [1.29, 1.82) is 0 Å². The van der Waals surface area contributed by atoms with Gasteiger partial charge >= 0.3 is 0 Å². The summed E-state index contributed by atoms with van der Waals surface area (Å²) in [7, 11) is 0. The number of rotatable bonds is 3.